The van der Waals surface area contributed by atoms with Crippen molar-refractivity contribution in [3.8, 4) is 23.3 Å². The Morgan fingerprint density at radius 3 is 2.00 bits per heavy atom. The molecule has 0 spiro atoms. The van der Waals surface area contributed by atoms with Crippen molar-refractivity contribution in [2.24, 2.45) is 0 Å². The summed E-state index contributed by atoms with van der Waals surface area (Å²) in [5.41, 5.74) is 2.19. The summed E-state index contributed by atoms with van der Waals surface area (Å²) in [7, 11) is 0. The second kappa shape index (κ2) is 11.8. The Hall–Kier alpha value is -1.71. The molecule has 1 aliphatic rings. The molecule has 0 amide bonds. The number of halogens is 1. The minimum Gasteiger partial charge on any atom is -0.487 e. The van der Waals surface area contributed by atoms with E-state index in [-0.39, 0.29) is 0 Å². The summed E-state index contributed by atoms with van der Waals surface area (Å²) < 4.78 is 27.8. The average molecular weight is 353 g/mol. The molecule has 0 saturated heterocycles. The number of fused-ring (bicyclic) bond motifs is 1. The van der Waals surface area contributed by atoms with Gasteiger partial charge < -0.3 is 23.7 Å². The zero-order valence-corrected chi connectivity index (χ0v) is 14.2. The molecule has 0 saturated carbocycles. The highest BCUT2D eigenvalue weighted by molar-refractivity contribution is 6.25. The Bertz CT molecular complexity index is 577. The van der Waals surface area contributed by atoms with Gasteiger partial charge >= 0.3 is 0 Å². The Labute approximate surface area is 147 Å². The predicted molar refractivity (Wildman–Crippen MR) is 91.8 cm³/mol. The summed E-state index contributed by atoms with van der Waals surface area (Å²) >= 11 is 5.46. The average Bonchev–Trinajstić information content (AvgIpc) is 2.61. The molecule has 0 aromatic heterocycles. The zero-order chi connectivity index (χ0) is 16.9. The Morgan fingerprint density at radius 1 is 0.792 bits per heavy atom. The molecule has 1 aromatic carbocycles. The van der Waals surface area contributed by atoms with Crippen LogP contribution in [0.3, 0.4) is 0 Å². The normalized spacial score (nSPS) is 17.4. The summed E-state index contributed by atoms with van der Waals surface area (Å²) in [6.45, 7) is 3.99. The molecule has 1 aromatic rings. The maximum atomic E-state index is 5.77. The Balaban J connectivity index is 2.04. The molecule has 1 heterocycles. The van der Waals surface area contributed by atoms with Crippen molar-refractivity contribution in [2.45, 2.75) is 0 Å². The smallest absolute Gasteiger partial charge is 0.162 e. The molecule has 5 nitrogen and oxygen atoms in total. The van der Waals surface area contributed by atoms with Gasteiger partial charge in [0.1, 0.15) is 13.2 Å². The first-order valence-electron chi connectivity index (χ1n) is 7.80. The molecule has 0 fully saturated rings. The molecule has 6 heteroatoms. The van der Waals surface area contributed by atoms with Gasteiger partial charge in [0.15, 0.2) is 11.5 Å². The molecule has 2 rings (SSSR count). The van der Waals surface area contributed by atoms with Gasteiger partial charge in [-0.3, -0.25) is 0 Å². The van der Waals surface area contributed by atoms with Crippen molar-refractivity contribution in [1.82, 2.24) is 0 Å². The van der Waals surface area contributed by atoms with Crippen LogP contribution >= 0.6 is 11.6 Å². The summed E-state index contributed by atoms with van der Waals surface area (Å²) in [6, 6.07) is 5.55. The van der Waals surface area contributed by atoms with E-state index in [4.69, 9.17) is 35.3 Å². The van der Waals surface area contributed by atoms with E-state index in [0.717, 1.165) is 5.56 Å². The van der Waals surface area contributed by atoms with Crippen LogP contribution in [0.4, 0.5) is 0 Å². The highest BCUT2D eigenvalue weighted by Crippen LogP contribution is 2.28. The molecule has 1 aliphatic heterocycles. The van der Waals surface area contributed by atoms with Crippen molar-refractivity contribution in [3.63, 3.8) is 0 Å². The monoisotopic (exact) mass is 352 g/mol. The molecule has 130 valence electrons. The van der Waals surface area contributed by atoms with Crippen LogP contribution < -0.4 is 9.47 Å². The minimum absolute atomic E-state index is 0.422. The summed E-state index contributed by atoms with van der Waals surface area (Å²) in [5, 5.41) is 0. The van der Waals surface area contributed by atoms with Crippen LogP contribution in [0.5, 0.6) is 11.5 Å². The minimum atomic E-state index is 0.422. The van der Waals surface area contributed by atoms with E-state index in [9.17, 15) is 0 Å². The highest BCUT2D eigenvalue weighted by Gasteiger charge is 2.07. The quantitative estimate of drug-likeness (QED) is 0.672. The van der Waals surface area contributed by atoms with E-state index in [0.29, 0.717) is 64.4 Å². The summed E-state index contributed by atoms with van der Waals surface area (Å²) in [5.74, 6) is 7.10. The molecule has 0 bridgehead atoms. The lowest BCUT2D eigenvalue weighted by atomic mass is 10.2. The van der Waals surface area contributed by atoms with E-state index in [1.165, 1.54) is 5.54 Å². The van der Waals surface area contributed by atoms with E-state index < -0.39 is 0 Å². The fourth-order valence-corrected chi connectivity index (χ4v) is 2.00. The van der Waals surface area contributed by atoms with Crippen LogP contribution in [-0.4, -0.2) is 52.9 Å². The molecule has 0 unspecified atom stereocenters. The van der Waals surface area contributed by atoms with Crippen LogP contribution in [0.2, 0.25) is 0 Å². The van der Waals surface area contributed by atoms with Crippen molar-refractivity contribution in [3.05, 3.63) is 35.4 Å². The van der Waals surface area contributed by atoms with Gasteiger partial charge in [-0.05, 0) is 24.3 Å². The lowest BCUT2D eigenvalue weighted by molar-refractivity contribution is 0.00708. The maximum absolute atomic E-state index is 5.77. The van der Waals surface area contributed by atoms with Crippen molar-refractivity contribution in [1.29, 1.82) is 0 Å². The van der Waals surface area contributed by atoms with E-state index in [1.54, 1.807) is 6.08 Å². The number of hydrogen-bond donors (Lipinski definition) is 0. The number of benzene rings is 1. The third-order valence-corrected chi connectivity index (χ3v) is 3.15. The second-order valence-corrected chi connectivity index (χ2v) is 5.01. The Kier molecular flexibility index (Phi) is 9.13. The molecule has 0 radical (unpaired) electrons. The van der Waals surface area contributed by atoms with Gasteiger partial charge in [0.2, 0.25) is 0 Å². The molecule has 0 aliphatic carbocycles. The molecule has 0 N–H and O–H groups in total. The van der Waals surface area contributed by atoms with Gasteiger partial charge in [0.25, 0.3) is 0 Å². The first-order valence-corrected chi connectivity index (χ1v) is 8.23. The summed E-state index contributed by atoms with van der Waals surface area (Å²) in [6.07, 6.45) is 1.57. The van der Waals surface area contributed by atoms with Crippen LogP contribution in [-0.2, 0) is 14.2 Å². The fourth-order valence-electron chi connectivity index (χ4n) is 1.94. The standard InChI is InChI=1S/C18H21ClO5/c19-6-2-1-3-16-4-5-17-18(15-16)24-14-12-22-10-8-20-7-9-21-11-13-23-17/h2,4-6,15H,7-14H2/b6-2+. The lowest BCUT2D eigenvalue weighted by Crippen LogP contribution is -2.13. The van der Waals surface area contributed by atoms with Gasteiger partial charge in [0.05, 0.1) is 39.6 Å². The third-order valence-electron chi connectivity index (χ3n) is 3.02. The topological polar surface area (TPSA) is 46.2 Å². The molecular weight excluding hydrogens is 332 g/mol. The molecular formula is C18H21ClO5. The largest absolute Gasteiger partial charge is 0.487 e. The van der Waals surface area contributed by atoms with E-state index in [2.05, 4.69) is 11.8 Å². The number of rotatable bonds is 0. The second-order valence-electron chi connectivity index (χ2n) is 4.76. The molecule has 0 atom stereocenters. The highest BCUT2D eigenvalue weighted by atomic mass is 35.5. The SMILES string of the molecule is Cl/C=C/C#Cc1ccc2c(c1)OCCOCCOCCOCCO2. The van der Waals surface area contributed by atoms with Crippen molar-refractivity contribution in [2.75, 3.05) is 52.9 Å². The van der Waals surface area contributed by atoms with Crippen molar-refractivity contribution < 1.29 is 23.7 Å². The van der Waals surface area contributed by atoms with Crippen LogP contribution in [0.15, 0.2) is 29.8 Å². The van der Waals surface area contributed by atoms with E-state index in [1.807, 2.05) is 18.2 Å². The predicted octanol–water partition coefficient (Wildman–Crippen LogP) is 2.61. The first kappa shape index (κ1) is 18.6. The first-order chi connectivity index (χ1) is 11.9. The van der Waals surface area contributed by atoms with Crippen LogP contribution in [0, 0.1) is 11.8 Å². The van der Waals surface area contributed by atoms with Gasteiger partial charge in [-0.2, -0.15) is 0 Å². The molecule has 24 heavy (non-hydrogen) atoms. The van der Waals surface area contributed by atoms with Crippen LogP contribution in [0.1, 0.15) is 5.56 Å². The fraction of sp³-hybridized carbons (Fsp3) is 0.444. The lowest BCUT2D eigenvalue weighted by Gasteiger charge is -2.13. The van der Waals surface area contributed by atoms with Crippen molar-refractivity contribution >= 4 is 11.6 Å². The number of ether oxygens (including phenoxy) is 5. The third kappa shape index (κ3) is 7.24. The summed E-state index contributed by atoms with van der Waals surface area (Å²) in [4.78, 5) is 0. The number of hydrogen-bond acceptors (Lipinski definition) is 5. The van der Waals surface area contributed by atoms with Gasteiger partial charge in [0, 0.05) is 11.1 Å². The maximum Gasteiger partial charge on any atom is 0.162 e. The number of allylic oxidation sites excluding steroid dienone is 1. The zero-order valence-electron chi connectivity index (χ0n) is 13.5. The van der Waals surface area contributed by atoms with Gasteiger partial charge in [-0.25, -0.2) is 0 Å². The van der Waals surface area contributed by atoms with Gasteiger partial charge in [-0.15, -0.1) is 0 Å². The van der Waals surface area contributed by atoms with E-state index >= 15 is 0 Å². The van der Waals surface area contributed by atoms with Gasteiger partial charge in [-0.1, -0.05) is 23.4 Å². The Morgan fingerprint density at radius 2 is 1.38 bits per heavy atom. The van der Waals surface area contributed by atoms with Crippen LogP contribution in [0.25, 0.3) is 0 Å².